The number of pyridine rings is 1. The standard InChI is InChI=1S/C17H24N2O5/c1-11-6-7-14(18-9-11)23-12-8-13(15(20)22-5)19(10-12)16(21)24-17(2,3)4/h6-7,9,12-13H,8,10H2,1-5H3/t12-,13+/m1/s1. The van der Waals surface area contributed by atoms with E-state index < -0.39 is 23.7 Å². The fraction of sp³-hybridized carbons (Fsp3) is 0.588. The number of aromatic nitrogens is 1. The van der Waals surface area contributed by atoms with E-state index in [1.807, 2.05) is 13.0 Å². The molecule has 0 saturated carbocycles. The van der Waals surface area contributed by atoms with Crippen LogP contribution >= 0.6 is 0 Å². The van der Waals surface area contributed by atoms with Crippen molar-refractivity contribution in [3.8, 4) is 5.88 Å². The predicted octanol–water partition coefficient (Wildman–Crippen LogP) is 2.32. The number of nitrogens with zero attached hydrogens (tertiary/aromatic N) is 2. The molecular formula is C17H24N2O5. The van der Waals surface area contributed by atoms with Gasteiger partial charge in [0.25, 0.3) is 0 Å². The molecule has 1 fully saturated rings. The fourth-order valence-electron chi connectivity index (χ4n) is 2.46. The van der Waals surface area contributed by atoms with E-state index in [2.05, 4.69) is 4.98 Å². The van der Waals surface area contributed by atoms with Gasteiger partial charge in [-0.05, 0) is 33.3 Å². The van der Waals surface area contributed by atoms with E-state index >= 15 is 0 Å². The first-order valence-electron chi connectivity index (χ1n) is 7.86. The van der Waals surface area contributed by atoms with Crippen LogP contribution in [0.25, 0.3) is 0 Å². The quantitative estimate of drug-likeness (QED) is 0.788. The molecule has 0 spiro atoms. The summed E-state index contributed by atoms with van der Waals surface area (Å²) in [4.78, 5) is 29.9. The van der Waals surface area contributed by atoms with E-state index in [1.165, 1.54) is 12.0 Å². The number of esters is 1. The van der Waals surface area contributed by atoms with Gasteiger partial charge in [-0.25, -0.2) is 14.6 Å². The lowest BCUT2D eigenvalue weighted by atomic mass is 10.2. The molecule has 1 aliphatic heterocycles. The van der Waals surface area contributed by atoms with Crippen molar-refractivity contribution in [2.75, 3.05) is 13.7 Å². The second kappa shape index (κ2) is 7.07. The predicted molar refractivity (Wildman–Crippen MR) is 86.8 cm³/mol. The SMILES string of the molecule is COC(=O)[C@@H]1C[C@@H](Oc2ccc(C)cn2)CN1C(=O)OC(C)(C)C. The van der Waals surface area contributed by atoms with Crippen LogP contribution in [0.2, 0.25) is 0 Å². The van der Waals surface area contributed by atoms with Gasteiger partial charge in [0, 0.05) is 18.7 Å². The van der Waals surface area contributed by atoms with Crippen molar-refractivity contribution in [3.05, 3.63) is 23.9 Å². The topological polar surface area (TPSA) is 78.0 Å². The summed E-state index contributed by atoms with van der Waals surface area (Å²) < 4.78 is 16.0. The molecule has 7 heteroatoms. The summed E-state index contributed by atoms with van der Waals surface area (Å²) in [6, 6.07) is 2.93. The Hall–Kier alpha value is -2.31. The van der Waals surface area contributed by atoms with E-state index in [0.29, 0.717) is 12.3 Å². The van der Waals surface area contributed by atoms with Crippen molar-refractivity contribution in [2.45, 2.75) is 51.9 Å². The van der Waals surface area contributed by atoms with Gasteiger partial charge in [0.2, 0.25) is 5.88 Å². The summed E-state index contributed by atoms with van der Waals surface area (Å²) in [7, 11) is 1.30. The fourth-order valence-corrected chi connectivity index (χ4v) is 2.46. The largest absolute Gasteiger partial charge is 0.472 e. The number of ether oxygens (including phenoxy) is 3. The van der Waals surface area contributed by atoms with Gasteiger partial charge in [0.1, 0.15) is 17.7 Å². The molecule has 0 aliphatic carbocycles. The molecule has 0 N–H and O–H groups in total. The van der Waals surface area contributed by atoms with Crippen LogP contribution in [0.3, 0.4) is 0 Å². The molecule has 1 saturated heterocycles. The summed E-state index contributed by atoms with van der Waals surface area (Å²) in [5, 5.41) is 0. The third kappa shape index (κ3) is 4.59. The van der Waals surface area contributed by atoms with Crippen LogP contribution in [0, 0.1) is 6.92 Å². The molecule has 2 rings (SSSR count). The Balaban J connectivity index is 2.09. The second-order valence-corrected chi connectivity index (χ2v) is 6.82. The normalized spacial score (nSPS) is 20.6. The van der Waals surface area contributed by atoms with Gasteiger partial charge in [-0.15, -0.1) is 0 Å². The van der Waals surface area contributed by atoms with E-state index in [9.17, 15) is 9.59 Å². The van der Waals surface area contributed by atoms with Crippen LogP contribution < -0.4 is 4.74 Å². The van der Waals surface area contributed by atoms with E-state index in [4.69, 9.17) is 14.2 Å². The van der Waals surface area contributed by atoms with Crippen molar-refractivity contribution in [3.63, 3.8) is 0 Å². The van der Waals surface area contributed by atoms with Crippen molar-refractivity contribution in [1.82, 2.24) is 9.88 Å². The highest BCUT2D eigenvalue weighted by molar-refractivity contribution is 5.82. The Morgan fingerprint density at radius 2 is 2.00 bits per heavy atom. The first kappa shape index (κ1) is 18.0. The number of rotatable bonds is 3. The van der Waals surface area contributed by atoms with Crippen molar-refractivity contribution in [2.24, 2.45) is 0 Å². The van der Waals surface area contributed by atoms with Gasteiger partial charge < -0.3 is 14.2 Å². The number of hydrogen-bond donors (Lipinski definition) is 0. The summed E-state index contributed by atoms with van der Waals surface area (Å²) in [5.41, 5.74) is 0.381. The van der Waals surface area contributed by atoms with E-state index in [0.717, 1.165) is 5.56 Å². The number of hydrogen-bond acceptors (Lipinski definition) is 6. The summed E-state index contributed by atoms with van der Waals surface area (Å²) in [6.45, 7) is 7.50. The smallest absolute Gasteiger partial charge is 0.411 e. The first-order chi connectivity index (χ1) is 11.2. The molecule has 0 bridgehead atoms. The number of likely N-dealkylation sites (tertiary alicyclic amines) is 1. The highest BCUT2D eigenvalue weighted by Crippen LogP contribution is 2.25. The lowest BCUT2D eigenvalue weighted by Gasteiger charge is -2.27. The molecule has 1 aromatic rings. The van der Waals surface area contributed by atoms with Gasteiger partial charge in [-0.2, -0.15) is 0 Å². The molecule has 0 aromatic carbocycles. The summed E-state index contributed by atoms with van der Waals surface area (Å²) in [6.07, 6.45) is 1.13. The van der Waals surface area contributed by atoms with Gasteiger partial charge in [0.05, 0.1) is 13.7 Å². The van der Waals surface area contributed by atoms with Crippen LogP contribution in [0.15, 0.2) is 18.3 Å². The number of aryl methyl sites for hydroxylation is 1. The minimum Gasteiger partial charge on any atom is -0.472 e. The number of amides is 1. The Bertz CT molecular complexity index is 594. The Kier molecular flexibility index (Phi) is 5.31. The highest BCUT2D eigenvalue weighted by atomic mass is 16.6. The molecule has 0 unspecified atom stereocenters. The maximum absolute atomic E-state index is 12.4. The maximum atomic E-state index is 12.4. The minimum absolute atomic E-state index is 0.240. The van der Waals surface area contributed by atoms with Gasteiger partial charge in [-0.1, -0.05) is 6.07 Å². The monoisotopic (exact) mass is 336 g/mol. The van der Waals surface area contributed by atoms with Crippen molar-refractivity contribution in [1.29, 1.82) is 0 Å². The van der Waals surface area contributed by atoms with Crippen LogP contribution in [-0.2, 0) is 14.3 Å². The third-order valence-corrected chi connectivity index (χ3v) is 3.54. The average Bonchev–Trinajstić information content (AvgIpc) is 2.91. The van der Waals surface area contributed by atoms with Crippen LogP contribution in [0.5, 0.6) is 5.88 Å². The Labute approximate surface area is 141 Å². The Morgan fingerprint density at radius 1 is 1.29 bits per heavy atom. The molecule has 2 atom stereocenters. The van der Waals surface area contributed by atoms with E-state index in [-0.39, 0.29) is 12.6 Å². The lowest BCUT2D eigenvalue weighted by molar-refractivity contribution is -0.145. The molecular weight excluding hydrogens is 312 g/mol. The number of carbonyl (C=O) groups is 2. The molecule has 0 radical (unpaired) electrons. The lowest BCUT2D eigenvalue weighted by Crippen LogP contribution is -2.44. The molecule has 2 heterocycles. The van der Waals surface area contributed by atoms with Gasteiger partial charge in [0.15, 0.2) is 0 Å². The van der Waals surface area contributed by atoms with Crippen LogP contribution in [-0.4, -0.2) is 53.3 Å². The van der Waals surface area contributed by atoms with E-state index in [1.54, 1.807) is 33.0 Å². The molecule has 24 heavy (non-hydrogen) atoms. The molecule has 1 amide bonds. The van der Waals surface area contributed by atoms with Gasteiger partial charge >= 0.3 is 12.1 Å². The summed E-state index contributed by atoms with van der Waals surface area (Å²) >= 11 is 0. The molecule has 132 valence electrons. The third-order valence-electron chi connectivity index (χ3n) is 3.54. The zero-order chi connectivity index (χ0) is 17.9. The molecule has 7 nitrogen and oxygen atoms in total. The molecule has 1 aliphatic rings. The van der Waals surface area contributed by atoms with Crippen LogP contribution in [0.4, 0.5) is 4.79 Å². The summed E-state index contributed by atoms with van der Waals surface area (Å²) in [5.74, 6) is -0.0240. The maximum Gasteiger partial charge on any atom is 0.411 e. The van der Waals surface area contributed by atoms with Gasteiger partial charge in [-0.3, -0.25) is 4.90 Å². The van der Waals surface area contributed by atoms with Crippen molar-refractivity contribution < 1.29 is 23.8 Å². The minimum atomic E-state index is -0.722. The molecule has 1 aromatic heterocycles. The number of carbonyl (C=O) groups excluding carboxylic acids is 2. The zero-order valence-corrected chi connectivity index (χ0v) is 14.7. The van der Waals surface area contributed by atoms with Crippen LogP contribution in [0.1, 0.15) is 32.8 Å². The second-order valence-electron chi connectivity index (χ2n) is 6.82. The number of methoxy groups -OCH3 is 1. The Morgan fingerprint density at radius 3 is 2.54 bits per heavy atom. The zero-order valence-electron chi connectivity index (χ0n) is 14.7. The highest BCUT2D eigenvalue weighted by Gasteiger charge is 2.43. The first-order valence-corrected chi connectivity index (χ1v) is 7.86. The average molecular weight is 336 g/mol. The van der Waals surface area contributed by atoms with Crippen molar-refractivity contribution >= 4 is 12.1 Å².